The highest BCUT2D eigenvalue weighted by molar-refractivity contribution is 4.57. The minimum Gasteiger partial charge on any atom is -0.208 e. The Kier molecular flexibility index (Phi) is 3.81. The van der Waals surface area contributed by atoms with Crippen molar-refractivity contribution in [2.24, 2.45) is 15.3 Å². The van der Waals surface area contributed by atoms with Gasteiger partial charge in [-0.2, -0.15) is 15.5 Å². The van der Waals surface area contributed by atoms with Crippen molar-refractivity contribution in [3.63, 3.8) is 0 Å². The highest BCUT2D eigenvalue weighted by Crippen LogP contribution is 1.70. The molecule has 0 aliphatic heterocycles. The number of rotatable bonds is 2. The molecule has 0 amide bonds. The summed E-state index contributed by atoms with van der Waals surface area (Å²) < 4.78 is 0. The van der Waals surface area contributed by atoms with Crippen molar-refractivity contribution >= 4 is 0 Å². The Morgan fingerprint density at radius 3 is 2.86 bits per heavy atom. The van der Waals surface area contributed by atoms with Crippen LogP contribution in [0.25, 0.3) is 0 Å². The Balaban J connectivity index is 3.14. The summed E-state index contributed by atoms with van der Waals surface area (Å²) >= 11 is 0. The van der Waals surface area contributed by atoms with Crippen LogP contribution in [-0.4, -0.2) is 6.67 Å². The molecule has 0 atom stereocenters. The lowest BCUT2D eigenvalue weighted by molar-refractivity contribution is 0.869. The average Bonchev–Trinajstić information content (AvgIpc) is 1.69. The molecule has 0 radical (unpaired) electrons. The monoisotopic (exact) mass is 97.0 g/mol. The molecule has 0 aromatic carbocycles. The summed E-state index contributed by atoms with van der Waals surface area (Å²) in [7, 11) is 0. The minimum atomic E-state index is -0.0481. The number of nitrogens with zero attached hydrogens (tertiary/aromatic N) is 4. The number of hydrogen-bond acceptors (Lipinski definition) is 5. The molecular weight excluding hydrogens is 94.1 g/mol. The third kappa shape index (κ3) is 4.69. The van der Waals surface area contributed by atoms with E-state index in [-0.39, 0.29) is 6.67 Å². The maximum Gasteiger partial charge on any atom is 0.225 e. The SMILES string of the molecule is N#CN=NCN=N. The lowest BCUT2D eigenvalue weighted by atomic mass is 11.2. The van der Waals surface area contributed by atoms with Gasteiger partial charge in [0.05, 0.1) is 0 Å². The summed E-state index contributed by atoms with van der Waals surface area (Å²) in [6, 6.07) is 0. The third-order valence-electron chi connectivity index (χ3n) is 0.249. The van der Waals surface area contributed by atoms with Crippen molar-refractivity contribution in [3.8, 4) is 6.19 Å². The van der Waals surface area contributed by atoms with Crippen LogP contribution in [0.15, 0.2) is 15.3 Å². The van der Waals surface area contributed by atoms with Crippen LogP contribution in [0.2, 0.25) is 0 Å². The van der Waals surface area contributed by atoms with E-state index in [0.717, 1.165) is 0 Å². The Morgan fingerprint density at radius 2 is 2.43 bits per heavy atom. The van der Waals surface area contributed by atoms with Gasteiger partial charge < -0.3 is 0 Å². The van der Waals surface area contributed by atoms with Crippen LogP contribution in [0.3, 0.4) is 0 Å². The van der Waals surface area contributed by atoms with E-state index in [0.29, 0.717) is 0 Å². The fraction of sp³-hybridized carbons (Fsp3) is 0.500. The highest BCUT2D eigenvalue weighted by Gasteiger charge is 1.64. The Bertz CT molecular complexity index is 108. The normalized spacial score (nSPS) is 8.43. The van der Waals surface area contributed by atoms with Crippen LogP contribution < -0.4 is 0 Å². The lowest BCUT2D eigenvalue weighted by Gasteiger charge is -1.67. The van der Waals surface area contributed by atoms with E-state index in [1.165, 1.54) is 6.19 Å². The summed E-state index contributed by atoms with van der Waals surface area (Å²) in [4.78, 5) is 0. The fourth-order valence-electron chi connectivity index (χ4n) is 0.0949. The fourth-order valence-corrected chi connectivity index (χ4v) is 0.0949. The smallest absolute Gasteiger partial charge is 0.208 e. The van der Waals surface area contributed by atoms with E-state index < -0.39 is 0 Å². The maximum atomic E-state index is 7.68. The average molecular weight is 97.1 g/mol. The van der Waals surface area contributed by atoms with Crippen LogP contribution in [-0.2, 0) is 0 Å². The molecule has 1 N–H and O–H groups in total. The molecule has 0 aliphatic rings. The van der Waals surface area contributed by atoms with Gasteiger partial charge in [0.1, 0.15) is 0 Å². The van der Waals surface area contributed by atoms with Gasteiger partial charge in [-0.25, -0.2) is 5.53 Å². The van der Waals surface area contributed by atoms with E-state index >= 15 is 0 Å². The van der Waals surface area contributed by atoms with E-state index in [9.17, 15) is 0 Å². The molecule has 0 fully saturated rings. The van der Waals surface area contributed by atoms with Gasteiger partial charge in [-0.05, 0) is 0 Å². The van der Waals surface area contributed by atoms with Crippen molar-refractivity contribution in [3.05, 3.63) is 0 Å². The van der Waals surface area contributed by atoms with Gasteiger partial charge in [-0.15, -0.1) is 0 Å². The predicted molar refractivity (Wildman–Crippen MR) is 20.5 cm³/mol. The summed E-state index contributed by atoms with van der Waals surface area (Å²) in [5.74, 6) is 0. The quantitative estimate of drug-likeness (QED) is 0.403. The van der Waals surface area contributed by atoms with Gasteiger partial charge in [0, 0.05) is 0 Å². The van der Waals surface area contributed by atoms with Crippen molar-refractivity contribution < 1.29 is 0 Å². The molecule has 7 heavy (non-hydrogen) atoms. The van der Waals surface area contributed by atoms with Gasteiger partial charge in [0.15, 0.2) is 6.67 Å². The molecule has 5 heteroatoms. The highest BCUT2D eigenvalue weighted by atomic mass is 15.2. The molecular formula is C2H3N5. The topological polar surface area (TPSA) is 84.7 Å². The first kappa shape index (κ1) is 5.69. The summed E-state index contributed by atoms with van der Waals surface area (Å²) in [6.07, 6.45) is 1.42. The zero-order valence-corrected chi connectivity index (χ0v) is 3.50. The molecule has 0 aromatic rings. The van der Waals surface area contributed by atoms with Crippen molar-refractivity contribution in [2.45, 2.75) is 0 Å². The largest absolute Gasteiger partial charge is 0.225 e. The molecule has 0 aromatic heterocycles. The number of azo groups is 1. The molecule has 0 bridgehead atoms. The molecule has 0 unspecified atom stereocenters. The summed E-state index contributed by atoms with van der Waals surface area (Å²) in [5, 5.41) is 16.5. The predicted octanol–water partition coefficient (Wildman–Crippen LogP) is 0.908. The number of nitriles is 1. The van der Waals surface area contributed by atoms with Gasteiger partial charge in [0.2, 0.25) is 6.19 Å². The van der Waals surface area contributed by atoms with Crippen LogP contribution >= 0.6 is 0 Å². The van der Waals surface area contributed by atoms with E-state index in [2.05, 4.69) is 15.3 Å². The number of nitrogens with one attached hydrogen (secondary N) is 1. The first-order valence-corrected chi connectivity index (χ1v) is 1.50. The Morgan fingerprint density at radius 1 is 1.71 bits per heavy atom. The molecule has 0 saturated heterocycles. The van der Waals surface area contributed by atoms with Crippen molar-refractivity contribution in [2.75, 3.05) is 6.67 Å². The molecule has 36 valence electrons. The first-order chi connectivity index (χ1) is 3.41. The maximum absolute atomic E-state index is 7.68. The third-order valence-corrected chi connectivity index (χ3v) is 0.249. The molecule has 0 rings (SSSR count). The Labute approximate surface area is 40.2 Å². The summed E-state index contributed by atoms with van der Waals surface area (Å²) in [5.41, 5.74) is 6.14. The first-order valence-electron chi connectivity index (χ1n) is 1.50. The second-order valence-electron chi connectivity index (χ2n) is 0.641. The van der Waals surface area contributed by atoms with Crippen LogP contribution in [0.4, 0.5) is 0 Å². The lowest BCUT2D eigenvalue weighted by Crippen LogP contribution is -1.61. The van der Waals surface area contributed by atoms with Crippen LogP contribution in [0, 0.1) is 17.0 Å². The van der Waals surface area contributed by atoms with Crippen molar-refractivity contribution in [1.29, 1.82) is 10.8 Å². The zero-order valence-electron chi connectivity index (χ0n) is 3.50. The molecule has 0 aliphatic carbocycles. The minimum absolute atomic E-state index is 0.0481. The van der Waals surface area contributed by atoms with Crippen molar-refractivity contribution in [1.82, 2.24) is 0 Å². The van der Waals surface area contributed by atoms with Gasteiger partial charge >= 0.3 is 0 Å². The van der Waals surface area contributed by atoms with E-state index in [1.807, 2.05) is 0 Å². The van der Waals surface area contributed by atoms with Crippen LogP contribution in [0.1, 0.15) is 0 Å². The summed E-state index contributed by atoms with van der Waals surface area (Å²) in [6.45, 7) is -0.0481. The molecule has 0 spiro atoms. The van der Waals surface area contributed by atoms with Gasteiger partial charge in [-0.1, -0.05) is 5.11 Å². The second-order valence-corrected chi connectivity index (χ2v) is 0.641. The Hall–Kier alpha value is -1.31. The molecule has 0 saturated carbocycles. The van der Waals surface area contributed by atoms with E-state index in [4.69, 9.17) is 10.8 Å². The zero-order chi connectivity index (χ0) is 5.54. The van der Waals surface area contributed by atoms with Crippen LogP contribution in [0.5, 0.6) is 0 Å². The number of hydrogen-bond donors (Lipinski definition) is 1. The molecule has 5 nitrogen and oxygen atoms in total. The van der Waals surface area contributed by atoms with Gasteiger partial charge in [-0.3, -0.25) is 0 Å². The van der Waals surface area contributed by atoms with Gasteiger partial charge in [0.25, 0.3) is 0 Å². The second kappa shape index (κ2) is 4.69. The van der Waals surface area contributed by atoms with E-state index in [1.54, 1.807) is 0 Å². The standard InChI is InChI=1S/C2H3N5/c3-1-6-7-2-5-4/h4H,2H2. The molecule has 0 heterocycles.